The number of carbonyl (C=O) groups is 1. The molecule has 0 heterocycles. The maximum absolute atomic E-state index is 10.6. The second-order valence-corrected chi connectivity index (χ2v) is 4.30. The van der Waals surface area contributed by atoms with Gasteiger partial charge in [-0.3, -0.25) is 4.79 Å². The molecule has 1 amide bonds. The minimum absolute atomic E-state index is 0.0266. The van der Waals surface area contributed by atoms with Gasteiger partial charge in [0, 0.05) is 19.9 Å². The van der Waals surface area contributed by atoms with E-state index in [1.54, 1.807) is 12.2 Å². The first kappa shape index (κ1) is 17.2. The highest BCUT2D eigenvalue weighted by molar-refractivity contribution is 5.72. The van der Waals surface area contributed by atoms with Gasteiger partial charge < -0.3 is 10.1 Å². The standard InChI is InChI=1S/C16H25NO2/c1-5-10-16(6-2)13-19-14(3)11-8-7-9-12-17-15(4)18/h5-6,10H,1-3,7-9,11-13H2,4H3,(H,17,18)/b16-10+. The van der Waals surface area contributed by atoms with Gasteiger partial charge in [-0.05, 0) is 18.4 Å². The predicted octanol–water partition coefficient (Wildman–Crippen LogP) is 3.51. The highest BCUT2D eigenvalue weighted by Crippen LogP contribution is 2.10. The highest BCUT2D eigenvalue weighted by atomic mass is 16.5. The molecule has 3 nitrogen and oxygen atoms in total. The molecule has 3 heteroatoms. The van der Waals surface area contributed by atoms with Crippen LogP contribution in [0.4, 0.5) is 0 Å². The average Bonchev–Trinajstić information content (AvgIpc) is 2.38. The van der Waals surface area contributed by atoms with Crippen LogP contribution in [0, 0.1) is 0 Å². The van der Waals surface area contributed by atoms with E-state index in [9.17, 15) is 4.79 Å². The van der Waals surface area contributed by atoms with E-state index < -0.39 is 0 Å². The SMILES string of the molecule is C=C/C=C(\C=C)COC(=C)CCCCCNC(C)=O. The molecule has 0 rings (SSSR count). The molecule has 0 aromatic heterocycles. The Labute approximate surface area is 116 Å². The maximum atomic E-state index is 10.6. The monoisotopic (exact) mass is 263 g/mol. The van der Waals surface area contributed by atoms with Gasteiger partial charge >= 0.3 is 0 Å². The molecule has 0 aliphatic rings. The van der Waals surface area contributed by atoms with Crippen molar-refractivity contribution in [3.05, 3.63) is 49.3 Å². The second-order valence-electron chi connectivity index (χ2n) is 4.30. The molecule has 0 spiro atoms. The Kier molecular flexibility index (Phi) is 10.3. The lowest BCUT2D eigenvalue weighted by molar-refractivity contribution is -0.118. The number of hydrogen-bond donors (Lipinski definition) is 1. The van der Waals surface area contributed by atoms with Crippen molar-refractivity contribution >= 4 is 5.91 Å². The summed E-state index contributed by atoms with van der Waals surface area (Å²) in [6.45, 7) is 14.0. The fourth-order valence-corrected chi connectivity index (χ4v) is 1.47. The van der Waals surface area contributed by atoms with Gasteiger partial charge in [0.15, 0.2) is 0 Å². The normalized spacial score (nSPS) is 10.7. The summed E-state index contributed by atoms with van der Waals surface area (Å²) in [4.78, 5) is 10.6. The van der Waals surface area contributed by atoms with Crippen LogP contribution in [0.15, 0.2) is 49.3 Å². The summed E-state index contributed by atoms with van der Waals surface area (Å²) in [5, 5.41) is 2.77. The van der Waals surface area contributed by atoms with Crippen LogP contribution < -0.4 is 5.32 Å². The third-order valence-electron chi connectivity index (χ3n) is 2.54. The average molecular weight is 263 g/mol. The van der Waals surface area contributed by atoms with Gasteiger partial charge in [-0.1, -0.05) is 44.4 Å². The van der Waals surface area contributed by atoms with E-state index in [4.69, 9.17) is 4.74 Å². The first-order valence-electron chi connectivity index (χ1n) is 6.59. The smallest absolute Gasteiger partial charge is 0.216 e. The van der Waals surface area contributed by atoms with Crippen LogP contribution in [0.2, 0.25) is 0 Å². The number of nitrogens with one attached hydrogen (secondary N) is 1. The van der Waals surface area contributed by atoms with Crippen molar-refractivity contribution < 1.29 is 9.53 Å². The fraction of sp³-hybridized carbons (Fsp3) is 0.438. The summed E-state index contributed by atoms with van der Waals surface area (Å²) < 4.78 is 5.54. The maximum Gasteiger partial charge on any atom is 0.216 e. The van der Waals surface area contributed by atoms with Gasteiger partial charge in [-0.25, -0.2) is 0 Å². The van der Waals surface area contributed by atoms with Crippen LogP contribution in [-0.4, -0.2) is 19.1 Å². The molecule has 0 atom stereocenters. The van der Waals surface area contributed by atoms with E-state index in [0.29, 0.717) is 6.61 Å². The van der Waals surface area contributed by atoms with Gasteiger partial charge in [0.2, 0.25) is 5.91 Å². The molecule has 0 aliphatic heterocycles. The lowest BCUT2D eigenvalue weighted by Crippen LogP contribution is -2.20. The lowest BCUT2D eigenvalue weighted by Gasteiger charge is -2.09. The fourth-order valence-electron chi connectivity index (χ4n) is 1.47. The second kappa shape index (κ2) is 11.3. The van der Waals surface area contributed by atoms with Crippen molar-refractivity contribution in [1.29, 1.82) is 0 Å². The molecule has 0 aromatic rings. The summed E-state index contributed by atoms with van der Waals surface area (Å²) >= 11 is 0. The molecule has 0 aromatic carbocycles. The Morgan fingerprint density at radius 2 is 2.00 bits per heavy atom. The molecule has 1 N–H and O–H groups in total. The van der Waals surface area contributed by atoms with Crippen molar-refractivity contribution in [3.63, 3.8) is 0 Å². The van der Waals surface area contributed by atoms with Crippen molar-refractivity contribution in [2.45, 2.75) is 32.6 Å². The summed E-state index contributed by atoms with van der Waals surface area (Å²) in [5.74, 6) is 0.815. The molecule has 0 fully saturated rings. The third kappa shape index (κ3) is 11.1. The Morgan fingerprint density at radius 1 is 1.26 bits per heavy atom. The number of hydrogen-bond acceptors (Lipinski definition) is 2. The lowest BCUT2D eigenvalue weighted by atomic mass is 10.2. The summed E-state index contributed by atoms with van der Waals surface area (Å²) in [7, 11) is 0. The van der Waals surface area contributed by atoms with Crippen molar-refractivity contribution in [2.24, 2.45) is 0 Å². The Balaban J connectivity index is 3.59. The quantitative estimate of drug-likeness (QED) is 0.352. The number of amides is 1. The number of ether oxygens (including phenoxy) is 1. The van der Waals surface area contributed by atoms with E-state index in [-0.39, 0.29) is 5.91 Å². The summed E-state index contributed by atoms with van der Waals surface area (Å²) in [5.41, 5.74) is 0.988. The molecule has 0 radical (unpaired) electrons. The van der Waals surface area contributed by atoms with E-state index in [1.165, 1.54) is 6.92 Å². The van der Waals surface area contributed by atoms with Gasteiger partial charge in [0.05, 0.1) is 5.76 Å². The molecular formula is C16H25NO2. The van der Waals surface area contributed by atoms with Crippen LogP contribution in [-0.2, 0) is 9.53 Å². The minimum atomic E-state index is 0.0266. The number of rotatable bonds is 11. The summed E-state index contributed by atoms with van der Waals surface area (Å²) in [6, 6.07) is 0. The highest BCUT2D eigenvalue weighted by Gasteiger charge is 1.98. The van der Waals surface area contributed by atoms with Gasteiger partial charge in [0.1, 0.15) is 6.61 Å². The molecule has 19 heavy (non-hydrogen) atoms. The Morgan fingerprint density at radius 3 is 2.58 bits per heavy atom. The van der Waals surface area contributed by atoms with Crippen molar-refractivity contribution in [1.82, 2.24) is 5.32 Å². The van der Waals surface area contributed by atoms with Crippen molar-refractivity contribution in [3.8, 4) is 0 Å². The molecule has 0 unspecified atom stereocenters. The van der Waals surface area contributed by atoms with Crippen LogP contribution in [0.1, 0.15) is 32.6 Å². The van der Waals surface area contributed by atoms with Crippen molar-refractivity contribution in [2.75, 3.05) is 13.2 Å². The van der Waals surface area contributed by atoms with E-state index in [1.807, 2.05) is 6.08 Å². The van der Waals surface area contributed by atoms with E-state index in [0.717, 1.165) is 43.6 Å². The minimum Gasteiger partial charge on any atom is -0.494 e. The topological polar surface area (TPSA) is 38.3 Å². The van der Waals surface area contributed by atoms with Gasteiger partial charge in [-0.15, -0.1) is 0 Å². The van der Waals surface area contributed by atoms with Crippen LogP contribution >= 0.6 is 0 Å². The predicted molar refractivity (Wildman–Crippen MR) is 80.7 cm³/mol. The van der Waals surface area contributed by atoms with Gasteiger partial charge in [-0.2, -0.15) is 0 Å². The van der Waals surface area contributed by atoms with Crippen LogP contribution in [0.5, 0.6) is 0 Å². The van der Waals surface area contributed by atoms with Crippen LogP contribution in [0.3, 0.4) is 0 Å². The Bertz CT molecular complexity index is 343. The molecule has 106 valence electrons. The first-order valence-corrected chi connectivity index (χ1v) is 6.59. The number of carbonyl (C=O) groups excluding carboxylic acids is 1. The Hall–Kier alpha value is -1.77. The molecule has 0 saturated carbocycles. The first-order chi connectivity index (χ1) is 9.10. The zero-order valence-electron chi connectivity index (χ0n) is 11.9. The number of unbranched alkanes of at least 4 members (excludes halogenated alkanes) is 2. The molecule has 0 saturated heterocycles. The number of allylic oxidation sites excluding steroid dienone is 3. The zero-order chi connectivity index (χ0) is 14.5. The molecule has 0 bridgehead atoms. The summed E-state index contributed by atoms with van der Waals surface area (Å²) in [6.07, 6.45) is 9.24. The van der Waals surface area contributed by atoms with E-state index >= 15 is 0 Å². The largest absolute Gasteiger partial charge is 0.494 e. The van der Waals surface area contributed by atoms with Gasteiger partial charge in [0.25, 0.3) is 0 Å². The molecule has 0 aliphatic carbocycles. The third-order valence-corrected chi connectivity index (χ3v) is 2.54. The molecular weight excluding hydrogens is 238 g/mol. The van der Waals surface area contributed by atoms with Crippen LogP contribution in [0.25, 0.3) is 0 Å². The van der Waals surface area contributed by atoms with E-state index in [2.05, 4.69) is 25.1 Å². The zero-order valence-corrected chi connectivity index (χ0v) is 11.9.